The van der Waals surface area contributed by atoms with E-state index < -0.39 is 10.0 Å². The Morgan fingerprint density at radius 1 is 1.32 bits per heavy atom. The van der Waals surface area contributed by atoms with Crippen LogP contribution in [-0.2, 0) is 10.0 Å². The van der Waals surface area contributed by atoms with Crippen molar-refractivity contribution in [3.8, 4) is 5.75 Å². The van der Waals surface area contributed by atoms with Crippen LogP contribution < -0.4 is 10.1 Å². The molecule has 1 aliphatic rings. The Hall–Kier alpha value is -1.11. The highest BCUT2D eigenvalue weighted by atomic mass is 32.2. The third-order valence-corrected chi connectivity index (χ3v) is 5.67. The Morgan fingerprint density at radius 3 is 2.59 bits per heavy atom. The zero-order chi connectivity index (χ0) is 16.2. The van der Waals surface area contributed by atoms with Crippen LogP contribution in [-0.4, -0.2) is 46.0 Å². The van der Waals surface area contributed by atoms with E-state index in [0.29, 0.717) is 42.2 Å². The second-order valence-electron chi connectivity index (χ2n) is 6.25. The number of nitrogens with zero attached hydrogens (tertiary/aromatic N) is 1. The summed E-state index contributed by atoms with van der Waals surface area (Å²) < 4.78 is 32.4. The van der Waals surface area contributed by atoms with Gasteiger partial charge in [0.1, 0.15) is 5.75 Å². The van der Waals surface area contributed by atoms with Gasteiger partial charge in [0, 0.05) is 13.1 Å². The summed E-state index contributed by atoms with van der Waals surface area (Å²) in [7, 11) is -1.49. The maximum atomic E-state index is 12.6. The second kappa shape index (κ2) is 7.44. The predicted octanol–water partition coefficient (Wildman–Crippen LogP) is 1.95. The lowest BCUT2D eigenvalue weighted by molar-refractivity contribution is 0.271. The number of benzene rings is 1. The van der Waals surface area contributed by atoms with Crippen LogP contribution in [0.1, 0.15) is 20.3 Å². The molecule has 1 heterocycles. The lowest BCUT2D eigenvalue weighted by Crippen LogP contribution is -2.30. The number of ether oxygens (including phenoxy) is 1. The first kappa shape index (κ1) is 17.2. The van der Waals surface area contributed by atoms with Gasteiger partial charge in [-0.1, -0.05) is 13.8 Å². The number of nitrogens with one attached hydrogen (secondary N) is 1. The van der Waals surface area contributed by atoms with Gasteiger partial charge in [-0.3, -0.25) is 0 Å². The fourth-order valence-electron chi connectivity index (χ4n) is 2.59. The van der Waals surface area contributed by atoms with Gasteiger partial charge >= 0.3 is 0 Å². The van der Waals surface area contributed by atoms with Crippen molar-refractivity contribution >= 4 is 10.0 Å². The molecule has 1 fully saturated rings. The van der Waals surface area contributed by atoms with Crippen LogP contribution in [0.15, 0.2) is 29.2 Å². The lowest BCUT2D eigenvalue weighted by Gasteiger charge is -2.17. The van der Waals surface area contributed by atoms with Crippen molar-refractivity contribution in [1.29, 1.82) is 0 Å². The smallest absolute Gasteiger partial charge is 0.243 e. The van der Waals surface area contributed by atoms with Gasteiger partial charge in [-0.15, -0.1) is 0 Å². The van der Waals surface area contributed by atoms with E-state index in [9.17, 15) is 8.42 Å². The number of sulfonamides is 1. The second-order valence-corrected chi connectivity index (χ2v) is 8.19. The van der Waals surface area contributed by atoms with Crippen molar-refractivity contribution in [2.75, 3.05) is 33.3 Å². The highest BCUT2D eigenvalue weighted by Crippen LogP contribution is 2.25. The zero-order valence-corrected chi connectivity index (χ0v) is 14.4. The van der Waals surface area contributed by atoms with Crippen molar-refractivity contribution in [3.05, 3.63) is 24.3 Å². The van der Waals surface area contributed by atoms with E-state index in [1.165, 1.54) is 0 Å². The van der Waals surface area contributed by atoms with Gasteiger partial charge < -0.3 is 10.1 Å². The normalized spacial score (nSPS) is 19.7. The average molecular weight is 326 g/mol. The molecule has 0 saturated carbocycles. The van der Waals surface area contributed by atoms with E-state index in [1.807, 2.05) is 7.05 Å². The standard InChI is InChI=1S/C16H26N2O3S/c1-13(2)12-21-15-4-6-16(7-5-15)22(19,20)18-9-8-14(11-18)10-17-3/h4-7,13-14,17H,8-12H2,1-3H3. The maximum absolute atomic E-state index is 12.6. The first-order valence-electron chi connectivity index (χ1n) is 7.81. The molecular formula is C16H26N2O3S. The van der Waals surface area contributed by atoms with Crippen LogP contribution in [0.2, 0.25) is 0 Å². The average Bonchev–Trinajstić information content (AvgIpc) is 2.95. The Morgan fingerprint density at radius 2 is 2.00 bits per heavy atom. The van der Waals surface area contributed by atoms with Crippen molar-refractivity contribution in [2.24, 2.45) is 11.8 Å². The molecule has 1 aromatic carbocycles. The number of hydrogen-bond donors (Lipinski definition) is 1. The summed E-state index contributed by atoms with van der Waals surface area (Å²) in [5, 5.41) is 3.11. The molecule has 22 heavy (non-hydrogen) atoms. The third-order valence-electron chi connectivity index (χ3n) is 3.79. The molecule has 1 saturated heterocycles. The van der Waals surface area contributed by atoms with Gasteiger partial charge in [0.25, 0.3) is 0 Å². The fourth-order valence-corrected chi connectivity index (χ4v) is 4.12. The Kier molecular flexibility index (Phi) is 5.83. The van der Waals surface area contributed by atoms with E-state index in [-0.39, 0.29) is 0 Å². The quantitative estimate of drug-likeness (QED) is 0.832. The Balaban J connectivity index is 2.04. The van der Waals surface area contributed by atoms with Gasteiger partial charge in [-0.05, 0) is 56.1 Å². The molecule has 1 atom stereocenters. The molecular weight excluding hydrogens is 300 g/mol. The molecule has 0 bridgehead atoms. The largest absolute Gasteiger partial charge is 0.493 e. The molecule has 2 rings (SSSR count). The van der Waals surface area contributed by atoms with Gasteiger partial charge in [0.05, 0.1) is 11.5 Å². The monoisotopic (exact) mass is 326 g/mol. The maximum Gasteiger partial charge on any atom is 0.243 e. The van der Waals surface area contributed by atoms with Crippen molar-refractivity contribution in [1.82, 2.24) is 9.62 Å². The highest BCUT2D eigenvalue weighted by molar-refractivity contribution is 7.89. The summed E-state index contributed by atoms with van der Waals surface area (Å²) in [4.78, 5) is 0.342. The SMILES string of the molecule is CNCC1CCN(S(=O)(=O)c2ccc(OCC(C)C)cc2)C1. The fraction of sp³-hybridized carbons (Fsp3) is 0.625. The van der Waals surface area contributed by atoms with E-state index in [1.54, 1.807) is 28.6 Å². The first-order chi connectivity index (χ1) is 10.4. The minimum atomic E-state index is -3.39. The van der Waals surface area contributed by atoms with E-state index in [0.717, 1.165) is 13.0 Å². The minimum Gasteiger partial charge on any atom is -0.493 e. The van der Waals surface area contributed by atoms with Gasteiger partial charge in [0.15, 0.2) is 0 Å². The van der Waals surface area contributed by atoms with Crippen LogP contribution in [0.4, 0.5) is 0 Å². The molecule has 5 nitrogen and oxygen atoms in total. The molecule has 1 aliphatic heterocycles. The minimum absolute atomic E-state index is 0.342. The molecule has 0 aromatic heterocycles. The van der Waals surface area contributed by atoms with E-state index >= 15 is 0 Å². The van der Waals surface area contributed by atoms with Gasteiger partial charge in [0.2, 0.25) is 10.0 Å². The Bertz CT molecular complexity index is 570. The lowest BCUT2D eigenvalue weighted by atomic mass is 10.1. The van der Waals surface area contributed by atoms with Gasteiger partial charge in [-0.25, -0.2) is 8.42 Å². The molecule has 1 aromatic rings. The summed E-state index contributed by atoms with van der Waals surface area (Å²) in [5.74, 6) is 1.55. The molecule has 0 radical (unpaired) electrons. The Labute approximate surface area is 133 Å². The molecule has 0 spiro atoms. The van der Waals surface area contributed by atoms with Crippen LogP contribution in [0.5, 0.6) is 5.75 Å². The van der Waals surface area contributed by atoms with E-state index in [2.05, 4.69) is 19.2 Å². The van der Waals surface area contributed by atoms with Crippen molar-refractivity contribution in [2.45, 2.75) is 25.2 Å². The molecule has 1 unspecified atom stereocenters. The summed E-state index contributed by atoms with van der Waals surface area (Å²) >= 11 is 0. The molecule has 0 aliphatic carbocycles. The van der Waals surface area contributed by atoms with Crippen molar-refractivity contribution in [3.63, 3.8) is 0 Å². The molecule has 0 amide bonds. The summed E-state index contributed by atoms with van der Waals surface area (Å²) in [6.45, 7) is 6.83. The number of hydrogen-bond acceptors (Lipinski definition) is 4. The summed E-state index contributed by atoms with van der Waals surface area (Å²) in [5.41, 5.74) is 0. The summed E-state index contributed by atoms with van der Waals surface area (Å²) in [6, 6.07) is 6.74. The molecule has 1 N–H and O–H groups in total. The van der Waals surface area contributed by atoms with Crippen LogP contribution >= 0.6 is 0 Å². The zero-order valence-electron chi connectivity index (χ0n) is 13.6. The third kappa shape index (κ3) is 4.21. The first-order valence-corrected chi connectivity index (χ1v) is 9.25. The van der Waals surface area contributed by atoms with Crippen LogP contribution in [0.3, 0.4) is 0 Å². The highest BCUT2D eigenvalue weighted by Gasteiger charge is 2.32. The number of rotatable bonds is 7. The molecule has 124 valence electrons. The van der Waals surface area contributed by atoms with Gasteiger partial charge in [-0.2, -0.15) is 4.31 Å². The van der Waals surface area contributed by atoms with Crippen LogP contribution in [0, 0.1) is 11.8 Å². The van der Waals surface area contributed by atoms with Crippen molar-refractivity contribution < 1.29 is 13.2 Å². The van der Waals surface area contributed by atoms with E-state index in [4.69, 9.17) is 4.74 Å². The topological polar surface area (TPSA) is 58.6 Å². The predicted molar refractivity (Wildman–Crippen MR) is 87.6 cm³/mol. The molecule has 6 heteroatoms. The van der Waals surface area contributed by atoms with Crippen LogP contribution in [0.25, 0.3) is 0 Å². The summed E-state index contributed by atoms with van der Waals surface area (Å²) in [6.07, 6.45) is 0.912.